The highest BCUT2D eigenvalue weighted by Gasteiger charge is 2.26. The maximum atomic E-state index is 12.8. The lowest BCUT2D eigenvalue weighted by Gasteiger charge is -2.30. The number of fused-ring (bicyclic) bond motifs is 2. The summed E-state index contributed by atoms with van der Waals surface area (Å²) in [6.45, 7) is 1.75. The number of carbonyl (C=O) groups excluding carboxylic acids is 2. The minimum absolute atomic E-state index is 0.0156. The van der Waals surface area contributed by atoms with Crippen molar-refractivity contribution in [3.8, 4) is 0 Å². The molecule has 142 valence electrons. The number of nitrogens with two attached hydrogens (primary N) is 1. The van der Waals surface area contributed by atoms with Gasteiger partial charge in [0.15, 0.2) is 0 Å². The Balaban J connectivity index is 1.63. The smallest absolute Gasteiger partial charge is 0.261 e. The number of aromatic nitrogens is 2. The molecule has 27 heavy (non-hydrogen) atoms. The number of hydrogen-bond acceptors (Lipinski definition) is 4. The molecule has 4 rings (SSSR count). The predicted molar refractivity (Wildman–Crippen MR) is 101 cm³/mol. The number of likely N-dealkylation sites (tertiary alicyclic amines) is 1. The molecular weight excluding hydrogens is 344 g/mol. The van der Waals surface area contributed by atoms with Crippen LogP contribution in [-0.4, -0.2) is 39.4 Å². The molecule has 0 unspecified atom stereocenters. The summed E-state index contributed by atoms with van der Waals surface area (Å²) in [6.07, 6.45) is 5.13. The van der Waals surface area contributed by atoms with E-state index in [0.717, 1.165) is 31.5 Å². The molecule has 2 aliphatic rings. The Morgan fingerprint density at radius 1 is 1.07 bits per heavy atom. The molecule has 2 aliphatic heterocycles. The zero-order chi connectivity index (χ0) is 19.0. The summed E-state index contributed by atoms with van der Waals surface area (Å²) in [4.78, 5) is 43.4. The average molecular weight is 368 g/mol. The molecule has 0 saturated carbocycles. The summed E-state index contributed by atoms with van der Waals surface area (Å²) >= 11 is 0. The van der Waals surface area contributed by atoms with Crippen LogP contribution in [-0.2, 0) is 17.8 Å². The Kier molecular flexibility index (Phi) is 4.68. The quantitative estimate of drug-likeness (QED) is 0.867. The van der Waals surface area contributed by atoms with Gasteiger partial charge in [0, 0.05) is 37.5 Å². The van der Waals surface area contributed by atoms with Crippen LogP contribution in [0.15, 0.2) is 23.0 Å². The van der Waals surface area contributed by atoms with Gasteiger partial charge >= 0.3 is 0 Å². The van der Waals surface area contributed by atoms with Crippen molar-refractivity contribution >= 4 is 22.7 Å². The van der Waals surface area contributed by atoms with E-state index in [1.165, 1.54) is 0 Å². The molecule has 0 radical (unpaired) electrons. The predicted octanol–water partition coefficient (Wildman–Crippen LogP) is 1.46. The fourth-order valence-corrected chi connectivity index (χ4v) is 4.10. The number of benzene rings is 1. The lowest BCUT2D eigenvalue weighted by Crippen LogP contribution is -2.41. The van der Waals surface area contributed by atoms with Crippen molar-refractivity contribution in [3.63, 3.8) is 0 Å². The van der Waals surface area contributed by atoms with Crippen molar-refractivity contribution in [2.24, 2.45) is 11.7 Å². The van der Waals surface area contributed by atoms with E-state index in [-0.39, 0.29) is 23.3 Å². The molecule has 0 aliphatic carbocycles. The van der Waals surface area contributed by atoms with E-state index in [1.807, 2.05) is 0 Å². The lowest BCUT2D eigenvalue weighted by atomic mass is 9.96. The van der Waals surface area contributed by atoms with Gasteiger partial charge in [-0.25, -0.2) is 4.98 Å². The maximum Gasteiger partial charge on any atom is 0.261 e. The first-order valence-electron chi connectivity index (χ1n) is 9.66. The van der Waals surface area contributed by atoms with Gasteiger partial charge in [0.2, 0.25) is 5.91 Å². The summed E-state index contributed by atoms with van der Waals surface area (Å²) in [6, 6.07) is 5.15. The molecule has 0 bridgehead atoms. The van der Waals surface area contributed by atoms with Gasteiger partial charge in [-0.05, 0) is 43.9 Å². The first-order chi connectivity index (χ1) is 13.0. The zero-order valence-corrected chi connectivity index (χ0v) is 15.3. The highest BCUT2D eigenvalue weighted by Crippen LogP contribution is 2.21. The van der Waals surface area contributed by atoms with E-state index in [2.05, 4.69) is 0 Å². The fourth-order valence-electron chi connectivity index (χ4n) is 4.10. The van der Waals surface area contributed by atoms with E-state index in [9.17, 15) is 14.4 Å². The molecule has 0 spiro atoms. The van der Waals surface area contributed by atoms with E-state index in [0.29, 0.717) is 48.9 Å². The fraction of sp³-hybridized carbons (Fsp3) is 0.500. The third-order valence-corrected chi connectivity index (χ3v) is 5.75. The minimum Gasteiger partial charge on any atom is -0.369 e. The van der Waals surface area contributed by atoms with Crippen LogP contribution < -0.4 is 11.3 Å². The van der Waals surface area contributed by atoms with Crippen LogP contribution in [0.25, 0.3) is 10.9 Å². The third kappa shape index (κ3) is 3.34. The Hall–Kier alpha value is -2.70. The summed E-state index contributed by atoms with van der Waals surface area (Å²) < 4.78 is 1.78. The molecule has 2 N–H and O–H groups in total. The number of rotatable bonds is 2. The molecular formula is C20H24N4O3. The molecule has 1 saturated heterocycles. The van der Waals surface area contributed by atoms with Crippen LogP contribution in [0, 0.1) is 5.92 Å². The highest BCUT2D eigenvalue weighted by atomic mass is 16.2. The number of nitrogens with zero attached hydrogens (tertiary/aromatic N) is 3. The van der Waals surface area contributed by atoms with Gasteiger partial charge in [-0.1, -0.05) is 6.42 Å². The molecule has 3 heterocycles. The topological polar surface area (TPSA) is 98.3 Å². The van der Waals surface area contributed by atoms with Crippen LogP contribution in [0.1, 0.15) is 48.3 Å². The van der Waals surface area contributed by atoms with Crippen molar-refractivity contribution in [1.82, 2.24) is 14.5 Å². The van der Waals surface area contributed by atoms with Crippen LogP contribution in [0.2, 0.25) is 0 Å². The Bertz CT molecular complexity index is 958. The summed E-state index contributed by atoms with van der Waals surface area (Å²) in [5.74, 6) is 0.287. The molecule has 2 aromatic rings. The zero-order valence-electron chi connectivity index (χ0n) is 15.3. The van der Waals surface area contributed by atoms with Crippen molar-refractivity contribution in [2.75, 3.05) is 13.1 Å². The second-order valence-electron chi connectivity index (χ2n) is 7.50. The van der Waals surface area contributed by atoms with Crippen molar-refractivity contribution in [3.05, 3.63) is 39.9 Å². The van der Waals surface area contributed by atoms with Crippen molar-refractivity contribution in [1.29, 1.82) is 0 Å². The molecule has 7 heteroatoms. The van der Waals surface area contributed by atoms with Crippen LogP contribution in [0.4, 0.5) is 0 Å². The molecule has 1 aromatic carbocycles. The number of hydrogen-bond donors (Lipinski definition) is 1. The van der Waals surface area contributed by atoms with Crippen molar-refractivity contribution in [2.45, 2.75) is 45.1 Å². The SMILES string of the molecule is NC(=O)C1CCN(C(=O)c2ccc3c(=O)n4c(nc3c2)CCCCC4)CC1. The van der Waals surface area contributed by atoms with Gasteiger partial charge in [0.25, 0.3) is 11.5 Å². The number of piperidine rings is 1. The average Bonchev–Trinajstić information content (AvgIpc) is 2.93. The second kappa shape index (κ2) is 7.13. The molecule has 7 nitrogen and oxygen atoms in total. The summed E-state index contributed by atoms with van der Waals surface area (Å²) in [5.41, 5.74) is 6.47. The number of carbonyl (C=O) groups is 2. The minimum atomic E-state index is -0.293. The van der Waals surface area contributed by atoms with E-state index in [1.54, 1.807) is 27.7 Å². The van der Waals surface area contributed by atoms with Crippen molar-refractivity contribution < 1.29 is 9.59 Å². The maximum absolute atomic E-state index is 12.8. The third-order valence-electron chi connectivity index (χ3n) is 5.75. The lowest BCUT2D eigenvalue weighted by molar-refractivity contribution is -0.123. The second-order valence-corrected chi connectivity index (χ2v) is 7.50. The molecule has 1 fully saturated rings. The Morgan fingerprint density at radius 2 is 1.85 bits per heavy atom. The number of primary amides is 1. The standard InChI is InChI=1S/C20H24N4O3/c21-18(25)13-7-10-23(11-8-13)19(26)14-5-6-15-16(12-14)22-17-4-2-1-3-9-24(17)20(15)27/h5-6,12-13H,1-4,7-11H2,(H2,21,25). The first-order valence-corrected chi connectivity index (χ1v) is 9.66. The molecule has 0 atom stereocenters. The van der Waals surface area contributed by atoms with Gasteiger partial charge in [-0.15, -0.1) is 0 Å². The Labute approximate surface area is 157 Å². The highest BCUT2D eigenvalue weighted by molar-refractivity contribution is 5.97. The van der Waals surface area contributed by atoms with Crippen LogP contribution >= 0.6 is 0 Å². The van der Waals surface area contributed by atoms with Crippen LogP contribution in [0.3, 0.4) is 0 Å². The number of amides is 2. The summed E-state index contributed by atoms with van der Waals surface area (Å²) in [7, 11) is 0. The largest absolute Gasteiger partial charge is 0.369 e. The normalized spacial score (nSPS) is 18.1. The van der Waals surface area contributed by atoms with Crippen LogP contribution in [0.5, 0.6) is 0 Å². The van der Waals surface area contributed by atoms with E-state index in [4.69, 9.17) is 10.7 Å². The van der Waals surface area contributed by atoms with E-state index >= 15 is 0 Å². The van der Waals surface area contributed by atoms with Gasteiger partial charge in [0.05, 0.1) is 10.9 Å². The van der Waals surface area contributed by atoms with Gasteiger partial charge < -0.3 is 10.6 Å². The van der Waals surface area contributed by atoms with E-state index < -0.39 is 0 Å². The molecule has 2 amide bonds. The monoisotopic (exact) mass is 368 g/mol. The summed E-state index contributed by atoms with van der Waals surface area (Å²) in [5, 5.41) is 0.560. The van der Waals surface area contributed by atoms with Gasteiger partial charge in [0.1, 0.15) is 5.82 Å². The molecule has 1 aromatic heterocycles. The number of aryl methyl sites for hydroxylation is 1. The first kappa shape index (κ1) is 17.7. The van der Waals surface area contributed by atoms with Gasteiger partial charge in [-0.3, -0.25) is 19.0 Å². The van der Waals surface area contributed by atoms with Gasteiger partial charge in [-0.2, -0.15) is 0 Å². The Morgan fingerprint density at radius 3 is 2.59 bits per heavy atom.